The minimum atomic E-state index is 1.02. The number of hydrogen-bond acceptors (Lipinski definition) is 4. The molecule has 0 fully saturated rings. The Morgan fingerprint density at radius 3 is 1.50 bits per heavy atom. The molecule has 0 aliphatic heterocycles. The van der Waals surface area contributed by atoms with Crippen molar-refractivity contribution in [2.75, 3.05) is 0 Å². The van der Waals surface area contributed by atoms with E-state index < -0.39 is 0 Å². The molecule has 0 spiro atoms. The Hall–Kier alpha value is -4.12. The first-order chi connectivity index (χ1) is 17.8. The summed E-state index contributed by atoms with van der Waals surface area (Å²) in [6, 6.07) is 34.1. The lowest BCUT2D eigenvalue weighted by Gasteiger charge is -1.97. The van der Waals surface area contributed by atoms with Crippen molar-refractivity contribution >= 4 is 89.0 Å². The summed E-state index contributed by atoms with van der Waals surface area (Å²) in [6.07, 6.45) is 8.50. The molecule has 170 valence electrons. The van der Waals surface area contributed by atoms with Crippen LogP contribution < -0.4 is 0 Å². The quantitative estimate of drug-likeness (QED) is 0.242. The number of nitrogens with zero attached hydrogens (tertiary/aromatic N) is 2. The molecule has 2 heterocycles. The number of benzene rings is 5. The molecule has 36 heavy (non-hydrogen) atoms. The molecule has 7 aromatic rings. The maximum atomic E-state index is 4.91. The van der Waals surface area contributed by atoms with Gasteiger partial charge in [0.1, 0.15) is 10.0 Å². The molecular weight excluding hydrogens is 477 g/mol. The fourth-order valence-corrected chi connectivity index (χ4v) is 6.37. The Morgan fingerprint density at radius 1 is 0.472 bits per heavy atom. The van der Waals surface area contributed by atoms with E-state index in [0.717, 1.165) is 32.2 Å². The van der Waals surface area contributed by atoms with Crippen LogP contribution >= 0.6 is 22.7 Å². The standard InChI is InChI=1S/C32H20N2S2/c1-3-10-25-23(8-1)14-16-27-31(25)33-29(35-27)18-12-21-6-5-7-22(20-21)13-19-30-34-32-26-11-4-2-9-24(26)15-17-28(32)36-30/h1-20H/b18-12+,19-13+. The summed E-state index contributed by atoms with van der Waals surface area (Å²) >= 11 is 3.45. The van der Waals surface area contributed by atoms with E-state index in [0.29, 0.717) is 0 Å². The van der Waals surface area contributed by atoms with Gasteiger partial charge in [-0.1, -0.05) is 91.0 Å². The van der Waals surface area contributed by atoms with Crippen molar-refractivity contribution in [1.29, 1.82) is 0 Å². The normalized spacial score (nSPS) is 12.2. The summed E-state index contributed by atoms with van der Waals surface area (Å²) in [7, 11) is 0. The summed E-state index contributed by atoms with van der Waals surface area (Å²) in [4.78, 5) is 9.82. The van der Waals surface area contributed by atoms with Crippen molar-refractivity contribution < 1.29 is 0 Å². The molecule has 7 rings (SSSR count). The van der Waals surface area contributed by atoms with Gasteiger partial charge >= 0.3 is 0 Å². The minimum Gasteiger partial charge on any atom is -0.236 e. The van der Waals surface area contributed by atoms with Crippen LogP contribution in [0.15, 0.2) is 97.1 Å². The Balaban J connectivity index is 1.16. The van der Waals surface area contributed by atoms with Crippen molar-refractivity contribution in [2.45, 2.75) is 0 Å². The maximum Gasteiger partial charge on any atom is 0.117 e. The number of aromatic nitrogens is 2. The van der Waals surface area contributed by atoms with E-state index in [4.69, 9.17) is 9.97 Å². The third-order valence-corrected chi connectivity index (χ3v) is 8.32. The van der Waals surface area contributed by atoms with E-state index in [1.807, 2.05) is 0 Å². The molecule has 2 nitrogen and oxygen atoms in total. The fourth-order valence-electron chi connectivity index (χ4n) is 4.60. The van der Waals surface area contributed by atoms with Crippen LogP contribution in [-0.4, -0.2) is 9.97 Å². The van der Waals surface area contributed by atoms with Crippen molar-refractivity contribution in [3.05, 3.63) is 118 Å². The molecule has 0 bridgehead atoms. The Kier molecular flexibility index (Phi) is 5.20. The molecule has 0 unspecified atom stereocenters. The third kappa shape index (κ3) is 3.91. The molecule has 0 aliphatic rings. The zero-order valence-corrected chi connectivity index (χ0v) is 20.9. The van der Waals surface area contributed by atoms with E-state index in [2.05, 4.69) is 121 Å². The van der Waals surface area contributed by atoms with E-state index in [1.165, 1.54) is 30.9 Å². The molecule has 2 aromatic heterocycles. The third-order valence-electron chi connectivity index (χ3n) is 6.35. The molecule has 0 amide bonds. The Bertz CT molecular complexity index is 1820. The molecular formula is C32H20N2S2. The second-order valence-corrected chi connectivity index (χ2v) is 10.8. The summed E-state index contributed by atoms with van der Waals surface area (Å²) in [6.45, 7) is 0. The smallest absolute Gasteiger partial charge is 0.117 e. The van der Waals surface area contributed by atoms with Crippen LogP contribution in [0.2, 0.25) is 0 Å². The lowest BCUT2D eigenvalue weighted by atomic mass is 10.1. The first-order valence-corrected chi connectivity index (χ1v) is 13.5. The van der Waals surface area contributed by atoms with E-state index in [-0.39, 0.29) is 0 Å². The van der Waals surface area contributed by atoms with Gasteiger partial charge < -0.3 is 0 Å². The van der Waals surface area contributed by atoms with E-state index in [1.54, 1.807) is 22.7 Å². The fraction of sp³-hybridized carbons (Fsp3) is 0. The average Bonchev–Trinajstić information content (AvgIpc) is 3.55. The first-order valence-electron chi connectivity index (χ1n) is 11.8. The number of fused-ring (bicyclic) bond motifs is 6. The topological polar surface area (TPSA) is 25.8 Å². The van der Waals surface area contributed by atoms with Gasteiger partial charge in [0.15, 0.2) is 0 Å². The van der Waals surface area contributed by atoms with Crippen molar-refractivity contribution in [2.24, 2.45) is 0 Å². The van der Waals surface area contributed by atoms with Crippen LogP contribution in [0.3, 0.4) is 0 Å². The molecule has 4 heteroatoms. The largest absolute Gasteiger partial charge is 0.236 e. The highest BCUT2D eigenvalue weighted by molar-refractivity contribution is 7.19. The predicted octanol–water partition coefficient (Wildman–Crippen LogP) is 9.55. The number of hydrogen-bond donors (Lipinski definition) is 0. The molecule has 0 N–H and O–H groups in total. The lowest BCUT2D eigenvalue weighted by Crippen LogP contribution is -1.77. The van der Waals surface area contributed by atoms with Crippen molar-refractivity contribution in [1.82, 2.24) is 9.97 Å². The molecule has 0 saturated carbocycles. The average molecular weight is 497 g/mol. The summed E-state index contributed by atoms with van der Waals surface area (Å²) in [5.74, 6) is 0. The highest BCUT2D eigenvalue weighted by atomic mass is 32.1. The second kappa shape index (κ2) is 8.83. The zero-order chi connectivity index (χ0) is 23.9. The van der Waals surface area contributed by atoms with Gasteiger partial charge in [0.05, 0.1) is 20.4 Å². The monoisotopic (exact) mass is 496 g/mol. The highest BCUT2D eigenvalue weighted by Crippen LogP contribution is 2.31. The number of thiazole rings is 2. The van der Waals surface area contributed by atoms with Crippen LogP contribution in [0.4, 0.5) is 0 Å². The zero-order valence-electron chi connectivity index (χ0n) is 19.3. The molecule has 0 radical (unpaired) electrons. The van der Waals surface area contributed by atoms with Gasteiger partial charge in [-0.05, 0) is 52.3 Å². The van der Waals surface area contributed by atoms with Crippen LogP contribution in [0, 0.1) is 0 Å². The SMILES string of the molecule is C(=C\c1nc2c(ccc3ccccc32)s1)/c1cccc(/C=C/c2nc3c(ccc4ccccc43)s2)c1. The minimum absolute atomic E-state index is 1.02. The van der Waals surface area contributed by atoms with Gasteiger partial charge in [-0.15, -0.1) is 22.7 Å². The summed E-state index contributed by atoms with van der Waals surface area (Å²) in [5, 5.41) is 6.91. The van der Waals surface area contributed by atoms with E-state index in [9.17, 15) is 0 Å². The second-order valence-electron chi connectivity index (χ2n) is 8.71. The first kappa shape index (κ1) is 21.2. The summed E-state index contributed by atoms with van der Waals surface area (Å²) in [5.41, 5.74) is 4.46. The van der Waals surface area contributed by atoms with Crippen LogP contribution in [-0.2, 0) is 0 Å². The highest BCUT2D eigenvalue weighted by Gasteiger charge is 2.07. The van der Waals surface area contributed by atoms with Gasteiger partial charge in [-0.25, -0.2) is 9.97 Å². The van der Waals surface area contributed by atoms with Gasteiger partial charge in [0, 0.05) is 10.8 Å². The molecule has 5 aromatic carbocycles. The van der Waals surface area contributed by atoms with Gasteiger partial charge in [-0.2, -0.15) is 0 Å². The Morgan fingerprint density at radius 2 is 0.972 bits per heavy atom. The van der Waals surface area contributed by atoms with Crippen LogP contribution in [0.25, 0.3) is 66.3 Å². The predicted molar refractivity (Wildman–Crippen MR) is 159 cm³/mol. The van der Waals surface area contributed by atoms with Gasteiger partial charge in [0.25, 0.3) is 0 Å². The molecule has 0 atom stereocenters. The number of rotatable bonds is 4. The van der Waals surface area contributed by atoms with Crippen LogP contribution in [0.5, 0.6) is 0 Å². The lowest BCUT2D eigenvalue weighted by molar-refractivity contribution is 1.48. The summed E-state index contributed by atoms with van der Waals surface area (Å²) < 4.78 is 2.43. The van der Waals surface area contributed by atoms with E-state index >= 15 is 0 Å². The van der Waals surface area contributed by atoms with Crippen molar-refractivity contribution in [3.8, 4) is 0 Å². The molecule has 0 saturated heterocycles. The van der Waals surface area contributed by atoms with Gasteiger partial charge in [0.2, 0.25) is 0 Å². The Labute approximate surface area is 216 Å². The van der Waals surface area contributed by atoms with Crippen LogP contribution in [0.1, 0.15) is 21.1 Å². The van der Waals surface area contributed by atoms with Crippen molar-refractivity contribution in [3.63, 3.8) is 0 Å². The molecule has 0 aliphatic carbocycles. The van der Waals surface area contributed by atoms with Gasteiger partial charge in [-0.3, -0.25) is 0 Å². The maximum absolute atomic E-state index is 4.91.